The van der Waals surface area contributed by atoms with Crippen LogP contribution in [0.15, 0.2) is 29.4 Å². The molecule has 176 valence electrons. The highest BCUT2D eigenvalue weighted by atomic mass is 35.5. The summed E-state index contributed by atoms with van der Waals surface area (Å²) in [5.41, 5.74) is 10.7. The van der Waals surface area contributed by atoms with Crippen LogP contribution in [0.2, 0.25) is 5.15 Å². The van der Waals surface area contributed by atoms with Gasteiger partial charge in [-0.25, -0.2) is 4.98 Å². The number of hydrazone groups is 1. The Morgan fingerprint density at radius 3 is 2.61 bits per heavy atom. The van der Waals surface area contributed by atoms with E-state index < -0.39 is 0 Å². The molecule has 0 aliphatic carbocycles. The number of hydrogen-bond acceptors (Lipinski definition) is 6. The first-order valence-electron chi connectivity index (χ1n) is 11.3. The fourth-order valence-electron chi connectivity index (χ4n) is 3.97. The second-order valence-electron chi connectivity index (χ2n) is 8.03. The molecule has 3 rings (SSSR count). The molecule has 3 N–H and O–H groups in total. The Hall–Kier alpha value is -2.67. The third-order valence-corrected chi connectivity index (χ3v) is 6.12. The first-order valence-corrected chi connectivity index (χ1v) is 12.1. The van der Waals surface area contributed by atoms with Crippen molar-refractivity contribution in [2.45, 2.75) is 39.2 Å². The van der Waals surface area contributed by atoms with Gasteiger partial charge in [-0.15, -0.1) is 0 Å². The molecule has 0 radical (unpaired) electrons. The zero-order valence-electron chi connectivity index (χ0n) is 19.0. The largest absolute Gasteiger partial charge is 0.375 e. The molecule has 1 aromatic carbocycles. The summed E-state index contributed by atoms with van der Waals surface area (Å²) < 4.78 is 2.16. The number of nitriles is 1. The van der Waals surface area contributed by atoms with Crippen LogP contribution < -0.4 is 16.1 Å². The minimum absolute atomic E-state index is 0.111. The topological polar surface area (TPSA) is 98.5 Å². The van der Waals surface area contributed by atoms with E-state index in [9.17, 15) is 0 Å². The van der Waals surface area contributed by atoms with Crippen molar-refractivity contribution < 1.29 is 0 Å². The summed E-state index contributed by atoms with van der Waals surface area (Å²) in [6.07, 6.45) is 5.68. The van der Waals surface area contributed by atoms with Crippen LogP contribution in [0.1, 0.15) is 43.3 Å². The SMILES string of the molecule is CCCCc1nc(Cl)c(/C=N/NC(N)=S)n1CCCN1CCN(c2ccc(C#N)cc2)CC1. The Bertz CT molecular complexity index is 987. The van der Waals surface area contributed by atoms with Crippen LogP contribution >= 0.6 is 23.8 Å². The molecule has 2 heterocycles. The summed E-state index contributed by atoms with van der Waals surface area (Å²) >= 11 is 11.2. The third-order valence-electron chi connectivity index (χ3n) is 5.75. The lowest BCUT2D eigenvalue weighted by Crippen LogP contribution is -2.46. The maximum Gasteiger partial charge on any atom is 0.184 e. The number of anilines is 1. The number of aryl methyl sites for hydroxylation is 1. The average molecular weight is 487 g/mol. The second-order valence-corrected chi connectivity index (χ2v) is 8.83. The molecular weight excluding hydrogens is 456 g/mol. The Morgan fingerprint density at radius 2 is 1.97 bits per heavy atom. The molecule has 8 nitrogen and oxygen atoms in total. The molecule has 0 bridgehead atoms. The van der Waals surface area contributed by atoms with Crippen molar-refractivity contribution in [2.24, 2.45) is 10.8 Å². The van der Waals surface area contributed by atoms with Gasteiger partial charge in [0.25, 0.3) is 0 Å². The number of piperazine rings is 1. The Kier molecular flexibility index (Phi) is 9.48. The van der Waals surface area contributed by atoms with Gasteiger partial charge in [0.1, 0.15) is 11.5 Å². The highest BCUT2D eigenvalue weighted by Crippen LogP contribution is 2.20. The van der Waals surface area contributed by atoms with Gasteiger partial charge in [0.15, 0.2) is 10.3 Å². The van der Waals surface area contributed by atoms with Crippen molar-refractivity contribution in [3.8, 4) is 6.07 Å². The zero-order valence-corrected chi connectivity index (χ0v) is 20.6. The molecule has 0 saturated carbocycles. The van der Waals surface area contributed by atoms with E-state index >= 15 is 0 Å². The van der Waals surface area contributed by atoms with Gasteiger partial charge in [0.05, 0.1) is 17.8 Å². The quantitative estimate of drug-likeness (QED) is 0.302. The average Bonchev–Trinajstić information content (AvgIpc) is 3.12. The molecule has 1 aliphatic heterocycles. The molecule has 10 heteroatoms. The number of nitrogens with zero attached hydrogens (tertiary/aromatic N) is 6. The van der Waals surface area contributed by atoms with E-state index in [0.717, 1.165) is 76.5 Å². The van der Waals surface area contributed by atoms with Gasteiger partial charge in [-0.05, 0) is 55.9 Å². The van der Waals surface area contributed by atoms with E-state index in [0.29, 0.717) is 10.7 Å². The van der Waals surface area contributed by atoms with Crippen LogP contribution in [0.25, 0.3) is 0 Å². The van der Waals surface area contributed by atoms with Crippen molar-refractivity contribution in [1.82, 2.24) is 19.9 Å². The first-order chi connectivity index (χ1) is 16.0. The summed E-state index contributed by atoms with van der Waals surface area (Å²) in [5.74, 6) is 0.990. The Morgan fingerprint density at radius 1 is 1.24 bits per heavy atom. The van der Waals surface area contributed by atoms with Gasteiger partial charge in [0.2, 0.25) is 0 Å². The molecule has 1 aromatic heterocycles. The molecule has 1 fully saturated rings. The van der Waals surface area contributed by atoms with Gasteiger partial charge >= 0.3 is 0 Å². The molecule has 1 aliphatic rings. The van der Waals surface area contributed by atoms with E-state index in [1.165, 1.54) is 5.69 Å². The number of rotatable bonds is 10. The van der Waals surface area contributed by atoms with E-state index in [-0.39, 0.29) is 5.11 Å². The van der Waals surface area contributed by atoms with Gasteiger partial charge in [-0.2, -0.15) is 10.4 Å². The predicted octanol–water partition coefficient (Wildman–Crippen LogP) is 3.13. The smallest absolute Gasteiger partial charge is 0.184 e. The maximum atomic E-state index is 8.98. The minimum Gasteiger partial charge on any atom is -0.375 e. The van der Waals surface area contributed by atoms with Crippen LogP contribution in [-0.2, 0) is 13.0 Å². The number of nitrogens with one attached hydrogen (secondary N) is 1. The van der Waals surface area contributed by atoms with Crippen LogP contribution in [-0.4, -0.2) is 58.5 Å². The van der Waals surface area contributed by atoms with Crippen molar-refractivity contribution in [3.05, 3.63) is 46.5 Å². The van der Waals surface area contributed by atoms with Gasteiger partial charge < -0.3 is 15.2 Å². The van der Waals surface area contributed by atoms with Crippen LogP contribution in [0.4, 0.5) is 5.69 Å². The maximum absolute atomic E-state index is 8.98. The van der Waals surface area contributed by atoms with Crippen molar-refractivity contribution >= 4 is 40.8 Å². The number of nitrogens with two attached hydrogens (primary N) is 1. The van der Waals surface area contributed by atoms with Crippen molar-refractivity contribution in [2.75, 3.05) is 37.6 Å². The normalized spacial score (nSPS) is 14.5. The molecular formula is C23H31ClN8S. The number of thiocarbonyl (C=S) groups is 1. The van der Waals surface area contributed by atoms with Crippen molar-refractivity contribution in [3.63, 3.8) is 0 Å². The number of hydrogen-bond donors (Lipinski definition) is 2. The number of halogens is 1. The van der Waals surface area contributed by atoms with Crippen LogP contribution in [0.5, 0.6) is 0 Å². The molecule has 2 aromatic rings. The number of unbranched alkanes of at least 4 members (excludes halogenated alkanes) is 1. The molecule has 1 saturated heterocycles. The minimum atomic E-state index is 0.111. The summed E-state index contributed by atoms with van der Waals surface area (Å²) in [4.78, 5) is 9.44. The zero-order chi connectivity index (χ0) is 23.6. The lowest BCUT2D eigenvalue weighted by molar-refractivity contribution is 0.250. The van der Waals surface area contributed by atoms with Gasteiger partial charge in [-0.1, -0.05) is 24.9 Å². The third kappa shape index (κ3) is 7.16. The standard InChI is InChI=1S/C23H31ClN8S/c1-2-3-5-21-28-22(24)20(17-27-29-23(26)33)32(21)11-4-10-30-12-14-31(15-13-30)19-8-6-18(16-25)7-9-19/h6-9,17H,2-5,10-15H2,1H3,(H3,26,29,33)/b27-17+. The van der Waals surface area contributed by atoms with Gasteiger partial charge in [0, 0.05) is 44.8 Å². The fraction of sp³-hybridized carbons (Fsp3) is 0.478. The highest BCUT2D eigenvalue weighted by Gasteiger charge is 2.18. The van der Waals surface area contributed by atoms with E-state index in [1.54, 1.807) is 6.21 Å². The summed E-state index contributed by atoms with van der Waals surface area (Å²) in [6.45, 7) is 7.98. The molecule has 0 spiro atoms. The lowest BCUT2D eigenvalue weighted by Gasteiger charge is -2.36. The number of benzene rings is 1. The molecule has 33 heavy (non-hydrogen) atoms. The number of aromatic nitrogens is 2. The summed E-state index contributed by atoms with van der Waals surface area (Å²) in [6, 6.07) is 10.00. The van der Waals surface area contributed by atoms with E-state index in [1.807, 2.05) is 24.3 Å². The number of imidazole rings is 1. The second kappa shape index (κ2) is 12.5. The predicted molar refractivity (Wildman–Crippen MR) is 138 cm³/mol. The fourth-order valence-corrected chi connectivity index (χ4v) is 4.27. The highest BCUT2D eigenvalue weighted by molar-refractivity contribution is 7.80. The van der Waals surface area contributed by atoms with Gasteiger partial charge in [-0.3, -0.25) is 10.3 Å². The molecule has 0 atom stereocenters. The molecule has 0 amide bonds. The lowest BCUT2D eigenvalue weighted by atomic mass is 10.2. The molecule has 0 unspecified atom stereocenters. The van der Waals surface area contributed by atoms with E-state index in [2.05, 4.69) is 42.9 Å². The first kappa shape index (κ1) is 25.0. The summed E-state index contributed by atoms with van der Waals surface area (Å²) in [5, 5.41) is 13.6. The monoisotopic (exact) mass is 486 g/mol. The van der Waals surface area contributed by atoms with E-state index in [4.69, 9.17) is 34.8 Å². The summed E-state index contributed by atoms with van der Waals surface area (Å²) in [7, 11) is 0. The Balaban J connectivity index is 1.55. The van der Waals surface area contributed by atoms with Crippen molar-refractivity contribution in [1.29, 1.82) is 5.26 Å². The van der Waals surface area contributed by atoms with Crippen LogP contribution in [0, 0.1) is 11.3 Å². The Labute approximate surface area is 206 Å². The van der Waals surface area contributed by atoms with Crippen LogP contribution in [0.3, 0.4) is 0 Å².